The molecular weight excluding hydrogens is 398 g/mol. The summed E-state index contributed by atoms with van der Waals surface area (Å²) >= 11 is 0. The molecule has 4 rings (SSSR count). The zero-order chi connectivity index (χ0) is 22.6. The highest BCUT2D eigenvalue weighted by Gasteiger charge is 2.15. The summed E-state index contributed by atoms with van der Waals surface area (Å²) in [4.78, 5) is 4.96. The summed E-state index contributed by atoms with van der Waals surface area (Å²) in [6.07, 6.45) is 2.27. The van der Waals surface area contributed by atoms with Gasteiger partial charge in [-0.1, -0.05) is 57.2 Å². The van der Waals surface area contributed by atoms with Crippen LogP contribution >= 0.6 is 0 Å². The number of hydrogen-bond donors (Lipinski definition) is 0. The summed E-state index contributed by atoms with van der Waals surface area (Å²) in [7, 11) is 2.20. The van der Waals surface area contributed by atoms with Gasteiger partial charge in [-0.25, -0.2) is 0 Å². The third-order valence-corrected chi connectivity index (χ3v) is 6.21. The van der Waals surface area contributed by atoms with Crippen LogP contribution < -0.4 is 4.74 Å². The average Bonchev–Trinajstić information content (AvgIpc) is 3.24. The molecule has 32 heavy (non-hydrogen) atoms. The van der Waals surface area contributed by atoms with E-state index in [-0.39, 0.29) is 5.41 Å². The maximum Gasteiger partial charge on any atom is 0.260 e. The van der Waals surface area contributed by atoms with Crippen LogP contribution in [0.2, 0.25) is 0 Å². The van der Waals surface area contributed by atoms with E-state index in [2.05, 4.69) is 79.2 Å². The molecule has 5 nitrogen and oxygen atoms in total. The number of rotatable bonds is 7. The Balaban J connectivity index is 1.28. The molecule has 0 N–H and O–H groups in total. The largest absolute Gasteiger partial charge is 0.436 e. The molecule has 170 valence electrons. The summed E-state index contributed by atoms with van der Waals surface area (Å²) in [6.45, 7) is 12.5. The molecule has 1 aliphatic heterocycles. The molecule has 0 saturated carbocycles. The van der Waals surface area contributed by atoms with E-state index in [0.717, 1.165) is 17.7 Å². The van der Waals surface area contributed by atoms with Crippen LogP contribution in [-0.4, -0.2) is 54.7 Å². The lowest BCUT2D eigenvalue weighted by atomic mass is 9.86. The first-order chi connectivity index (χ1) is 15.4. The van der Waals surface area contributed by atoms with Crippen LogP contribution in [-0.2, 0) is 11.8 Å². The quantitative estimate of drug-likeness (QED) is 0.484. The molecule has 0 amide bonds. The van der Waals surface area contributed by atoms with Gasteiger partial charge in [-0.05, 0) is 60.3 Å². The van der Waals surface area contributed by atoms with Gasteiger partial charge in [-0.3, -0.25) is 0 Å². The maximum absolute atomic E-state index is 5.91. The van der Waals surface area contributed by atoms with Crippen molar-refractivity contribution >= 4 is 0 Å². The highest BCUT2D eigenvalue weighted by Crippen LogP contribution is 2.29. The molecule has 5 heteroatoms. The number of aromatic nitrogens is 1. The lowest BCUT2D eigenvalue weighted by Crippen LogP contribution is -2.44. The summed E-state index contributed by atoms with van der Waals surface area (Å²) in [5.41, 5.74) is 3.76. The second kappa shape index (κ2) is 9.88. The van der Waals surface area contributed by atoms with Crippen molar-refractivity contribution in [3.63, 3.8) is 0 Å². The number of likely N-dealkylation sites (N-methyl/N-ethyl adjacent to an activating group) is 1. The van der Waals surface area contributed by atoms with E-state index in [4.69, 9.17) is 9.26 Å². The van der Waals surface area contributed by atoms with Crippen LogP contribution in [0.4, 0.5) is 0 Å². The molecule has 2 aromatic carbocycles. The summed E-state index contributed by atoms with van der Waals surface area (Å²) in [5, 5.41) is 4.08. The summed E-state index contributed by atoms with van der Waals surface area (Å²) in [6, 6.07) is 18.6. The van der Waals surface area contributed by atoms with Crippen LogP contribution in [0.5, 0.6) is 11.6 Å². The fraction of sp³-hybridized carbons (Fsp3) is 0.444. The molecule has 1 saturated heterocycles. The van der Waals surface area contributed by atoms with E-state index in [0.29, 0.717) is 11.6 Å². The predicted molar refractivity (Wildman–Crippen MR) is 129 cm³/mol. The standard InChI is InChI=1S/C27H35N3O2/c1-27(2,3)23-11-9-22(10-12-23)25-20-26(28-32-25)31-24-13-7-21(8-14-24)6-5-15-30-18-16-29(4)17-19-30/h7-14,20H,5-6,15-19H2,1-4H3. The van der Waals surface area contributed by atoms with Gasteiger partial charge in [0.2, 0.25) is 0 Å². The molecule has 0 atom stereocenters. The second-order valence-corrected chi connectivity index (χ2v) is 9.85. The number of piperazine rings is 1. The molecule has 1 aromatic heterocycles. The molecule has 0 aliphatic carbocycles. The summed E-state index contributed by atoms with van der Waals surface area (Å²) < 4.78 is 11.4. The third-order valence-electron chi connectivity index (χ3n) is 6.21. The van der Waals surface area contributed by atoms with Gasteiger partial charge in [0.05, 0.1) is 6.07 Å². The van der Waals surface area contributed by atoms with Crippen molar-refractivity contribution < 1.29 is 9.26 Å². The zero-order valence-corrected chi connectivity index (χ0v) is 19.8. The monoisotopic (exact) mass is 433 g/mol. The molecule has 2 heterocycles. The SMILES string of the molecule is CN1CCN(CCCc2ccc(Oc3cc(-c4ccc(C(C)(C)C)cc4)on3)cc2)CC1. The fourth-order valence-corrected chi connectivity index (χ4v) is 4.00. The van der Waals surface area contributed by atoms with Crippen LogP contribution in [0.15, 0.2) is 59.1 Å². The Morgan fingerprint density at radius 1 is 0.938 bits per heavy atom. The van der Waals surface area contributed by atoms with E-state index in [1.54, 1.807) is 0 Å². The molecular formula is C27H35N3O2. The van der Waals surface area contributed by atoms with Crippen molar-refractivity contribution in [3.8, 4) is 23.0 Å². The summed E-state index contributed by atoms with van der Waals surface area (Å²) in [5.74, 6) is 1.96. The Labute approximate surface area is 192 Å². The topological polar surface area (TPSA) is 41.7 Å². The minimum atomic E-state index is 0.130. The van der Waals surface area contributed by atoms with Crippen LogP contribution in [0.1, 0.15) is 38.3 Å². The molecule has 0 bridgehead atoms. The van der Waals surface area contributed by atoms with Crippen molar-refractivity contribution in [2.75, 3.05) is 39.8 Å². The van der Waals surface area contributed by atoms with Crippen LogP contribution in [0.3, 0.4) is 0 Å². The average molecular weight is 434 g/mol. The maximum atomic E-state index is 5.91. The molecule has 0 radical (unpaired) electrons. The molecule has 1 aliphatic rings. The minimum absolute atomic E-state index is 0.130. The van der Waals surface area contributed by atoms with Gasteiger partial charge >= 0.3 is 0 Å². The van der Waals surface area contributed by atoms with E-state index < -0.39 is 0 Å². The smallest absolute Gasteiger partial charge is 0.260 e. The Hall–Kier alpha value is -2.63. The van der Waals surface area contributed by atoms with Gasteiger partial charge in [0.1, 0.15) is 5.75 Å². The van der Waals surface area contributed by atoms with Crippen LogP contribution in [0.25, 0.3) is 11.3 Å². The molecule has 3 aromatic rings. The van der Waals surface area contributed by atoms with Gasteiger partial charge < -0.3 is 19.1 Å². The number of ether oxygens (including phenoxy) is 1. The highest BCUT2D eigenvalue weighted by atomic mass is 16.5. The highest BCUT2D eigenvalue weighted by molar-refractivity contribution is 5.59. The Morgan fingerprint density at radius 3 is 2.28 bits per heavy atom. The zero-order valence-electron chi connectivity index (χ0n) is 19.8. The van der Waals surface area contributed by atoms with E-state index >= 15 is 0 Å². The van der Waals surface area contributed by atoms with Crippen molar-refractivity contribution in [3.05, 3.63) is 65.7 Å². The van der Waals surface area contributed by atoms with Gasteiger partial charge in [0, 0.05) is 31.7 Å². The van der Waals surface area contributed by atoms with Gasteiger partial charge in [0.25, 0.3) is 5.88 Å². The first kappa shape index (κ1) is 22.6. The van der Waals surface area contributed by atoms with Gasteiger partial charge in [-0.15, -0.1) is 0 Å². The predicted octanol–water partition coefficient (Wildman–Crippen LogP) is 5.61. The fourth-order valence-electron chi connectivity index (χ4n) is 4.00. The van der Waals surface area contributed by atoms with Crippen LogP contribution in [0, 0.1) is 0 Å². The Bertz CT molecular complexity index is 979. The van der Waals surface area contributed by atoms with Gasteiger partial charge in [-0.2, -0.15) is 0 Å². The number of hydrogen-bond acceptors (Lipinski definition) is 5. The molecule has 1 fully saturated rings. The van der Waals surface area contributed by atoms with Crippen molar-refractivity contribution in [2.45, 2.75) is 39.0 Å². The van der Waals surface area contributed by atoms with E-state index in [9.17, 15) is 0 Å². The Morgan fingerprint density at radius 2 is 1.62 bits per heavy atom. The number of aryl methyl sites for hydroxylation is 1. The lowest BCUT2D eigenvalue weighted by molar-refractivity contribution is 0.153. The Kier molecular flexibility index (Phi) is 6.97. The van der Waals surface area contributed by atoms with Gasteiger partial charge in [0.15, 0.2) is 5.76 Å². The third kappa shape index (κ3) is 5.99. The van der Waals surface area contributed by atoms with Crippen molar-refractivity contribution in [2.24, 2.45) is 0 Å². The molecule has 0 unspecified atom stereocenters. The molecule has 0 spiro atoms. The lowest BCUT2D eigenvalue weighted by Gasteiger charge is -2.32. The van der Waals surface area contributed by atoms with Crippen molar-refractivity contribution in [1.29, 1.82) is 0 Å². The van der Waals surface area contributed by atoms with E-state index in [1.165, 1.54) is 50.3 Å². The first-order valence-electron chi connectivity index (χ1n) is 11.6. The normalized spacial score (nSPS) is 15.8. The minimum Gasteiger partial charge on any atom is -0.436 e. The first-order valence-corrected chi connectivity index (χ1v) is 11.6. The second-order valence-electron chi connectivity index (χ2n) is 9.85. The number of nitrogens with zero attached hydrogens (tertiary/aromatic N) is 3. The number of benzene rings is 2. The van der Waals surface area contributed by atoms with Crippen molar-refractivity contribution in [1.82, 2.24) is 15.0 Å². The van der Waals surface area contributed by atoms with E-state index in [1.807, 2.05) is 18.2 Å².